The standard InChI is InChI=1S/C22H21ClN2O2/c1-22(2,27-3)16-12-10-15(11-13-16)17-7-4-5-9-19(17)25-21(26)18-8-6-14-24-20(18)23/h4-14H,1-3H3,(H,25,26). The average molecular weight is 381 g/mol. The Bertz CT molecular complexity index is 953. The minimum Gasteiger partial charge on any atom is -0.374 e. The molecule has 0 radical (unpaired) electrons. The van der Waals surface area contributed by atoms with E-state index in [1.54, 1.807) is 25.4 Å². The number of nitrogens with zero attached hydrogens (tertiary/aromatic N) is 1. The van der Waals surface area contributed by atoms with Crippen molar-refractivity contribution in [3.05, 3.63) is 83.1 Å². The maximum absolute atomic E-state index is 12.6. The number of amides is 1. The van der Waals surface area contributed by atoms with Crippen LogP contribution in [0.3, 0.4) is 0 Å². The van der Waals surface area contributed by atoms with Gasteiger partial charge in [0.25, 0.3) is 5.91 Å². The molecule has 1 amide bonds. The van der Waals surface area contributed by atoms with E-state index in [0.29, 0.717) is 11.3 Å². The Kier molecular flexibility index (Phi) is 5.59. The van der Waals surface area contributed by atoms with Crippen LogP contribution in [0.2, 0.25) is 5.15 Å². The lowest BCUT2D eigenvalue weighted by molar-refractivity contribution is 0.0192. The summed E-state index contributed by atoms with van der Waals surface area (Å²) in [5.74, 6) is -0.294. The fraction of sp³-hybridized carbons (Fsp3) is 0.182. The number of methoxy groups -OCH3 is 1. The SMILES string of the molecule is COC(C)(C)c1ccc(-c2ccccc2NC(=O)c2cccnc2Cl)cc1. The van der Waals surface area contributed by atoms with Crippen LogP contribution in [0.25, 0.3) is 11.1 Å². The predicted octanol–water partition coefficient (Wildman–Crippen LogP) is 5.54. The highest BCUT2D eigenvalue weighted by Crippen LogP contribution is 2.31. The molecule has 0 spiro atoms. The second-order valence-electron chi connectivity index (χ2n) is 6.63. The monoisotopic (exact) mass is 380 g/mol. The van der Waals surface area contributed by atoms with Gasteiger partial charge in [-0.3, -0.25) is 4.79 Å². The van der Waals surface area contributed by atoms with E-state index < -0.39 is 0 Å². The molecular weight excluding hydrogens is 360 g/mol. The number of benzene rings is 2. The summed E-state index contributed by atoms with van der Waals surface area (Å²) >= 11 is 6.03. The van der Waals surface area contributed by atoms with E-state index in [1.165, 1.54) is 0 Å². The van der Waals surface area contributed by atoms with Crippen LogP contribution in [0, 0.1) is 0 Å². The van der Waals surface area contributed by atoms with Gasteiger partial charge >= 0.3 is 0 Å². The molecular formula is C22H21ClN2O2. The summed E-state index contributed by atoms with van der Waals surface area (Å²) in [4.78, 5) is 16.5. The van der Waals surface area contributed by atoms with Crippen molar-refractivity contribution >= 4 is 23.2 Å². The van der Waals surface area contributed by atoms with Gasteiger partial charge in [-0.25, -0.2) is 4.98 Å². The largest absolute Gasteiger partial charge is 0.374 e. The van der Waals surface area contributed by atoms with Crippen LogP contribution in [-0.2, 0) is 10.3 Å². The van der Waals surface area contributed by atoms with Crippen molar-refractivity contribution in [3.8, 4) is 11.1 Å². The molecule has 1 N–H and O–H groups in total. The first-order valence-corrected chi connectivity index (χ1v) is 8.97. The molecule has 0 aliphatic carbocycles. The number of hydrogen-bond acceptors (Lipinski definition) is 3. The van der Waals surface area contributed by atoms with E-state index in [2.05, 4.69) is 10.3 Å². The molecule has 27 heavy (non-hydrogen) atoms. The summed E-state index contributed by atoms with van der Waals surface area (Å²) in [5, 5.41) is 3.11. The summed E-state index contributed by atoms with van der Waals surface area (Å²) < 4.78 is 5.53. The minimum absolute atomic E-state index is 0.179. The molecule has 1 heterocycles. The lowest BCUT2D eigenvalue weighted by atomic mass is 9.95. The molecule has 0 saturated heterocycles. The van der Waals surface area contributed by atoms with Crippen molar-refractivity contribution < 1.29 is 9.53 Å². The highest BCUT2D eigenvalue weighted by atomic mass is 35.5. The summed E-state index contributed by atoms with van der Waals surface area (Å²) in [6.45, 7) is 4.04. The third-order valence-corrected chi connectivity index (χ3v) is 4.88. The molecule has 0 bridgehead atoms. The molecule has 0 aliphatic heterocycles. The van der Waals surface area contributed by atoms with E-state index in [9.17, 15) is 4.79 Å². The first-order chi connectivity index (χ1) is 12.9. The number of ether oxygens (including phenoxy) is 1. The smallest absolute Gasteiger partial charge is 0.258 e. The van der Waals surface area contributed by atoms with E-state index in [1.807, 2.05) is 62.4 Å². The molecule has 5 heteroatoms. The molecule has 0 aliphatic rings. The lowest BCUT2D eigenvalue weighted by Gasteiger charge is -2.23. The first kappa shape index (κ1) is 19.1. The Morgan fingerprint density at radius 2 is 1.74 bits per heavy atom. The van der Waals surface area contributed by atoms with Crippen molar-refractivity contribution in [2.45, 2.75) is 19.4 Å². The van der Waals surface area contributed by atoms with Gasteiger partial charge in [0.05, 0.1) is 11.2 Å². The Balaban J connectivity index is 1.91. The molecule has 2 aromatic carbocycles. The molecule has 138 valence electrons. The van der Waals surface area contributed by atoms with Crippen LogP contribution in [-0.4, -0.2) is 18.0 Å². The van der Waals surface area contributed by atoms with Crippen LogP contribution in [0.4, 0.5) is 5.69 Å². The van der Waals surface area contributed by atoms with E-state index >= 15 is 0 Å². The third-order valence-electron chi connectivity index (χ3n) is 4.58. The van der Waals surface area contributed by atoms with Gasteiger partial charge in [-0.1, -0.05) is 54.1 Å². The van der Waals surface area contributed by atoms with Crippen molar-refractivity contribution in [3.63, 3.8) is 0 Å². The van der Waals surface area contributed by atoms with Gasteiger partial charge in [-0.15, -0.1) is 0 Å². The molecule has 0 unspecified atom stereocenters. The second-order valence-corrected chi connectivity index (χ2v) is 6.99. The Morgan fingerprint density at radius 1 is 1.04 bits per heavy atom. The number of rotatable bonds is 5. The molecule has 0 atom stereocenters. The quantitative estimate of drug-likeness (QED) is 0.591. The van der Waals surface area contributed by atoms with Crippen molar-refractivity contribution in [2.24, 2.45) is 0 Å². The molecule has 3 aromatic rings. The number of pyridine rings is 1. The van der Waals surface area contributed by atoms with Gasteiger partial charge in [-0.05, 0) is 43.2 Å². The molecule has 0 fully saturated rings. The molecule has 1 aromatic heterocycles. The normalized spacial score (nSPS) is 11.3. The number of carbonyl (C=O) groups excluding carboxylic acids is 1. The first-order valence-electron chi connectivity index (χ1n) is 8.59. The number of halogens is 1. The van der Waals surface area contributed by atoms with E-state index in [-0.39, 0.29) is 16.7 Å². The maximum atomic E-state index is 12.6. The topological polar surface area (TPSA) is 51.2 Å². The zero-order chi connectivity index (χ0) is 19.4. The number of anilines is 1. The van der Waals surface area contributed by atoms with Crippen LogP contribution < -0.4 is 5.32 Å². The second kappa shape index (κ2) is 7.91. The van der Waals surface area contributed by atoms with Gasteiger partial charge < -0.3 is 10.1 Å². The molecule has 4 nitrogen and oxygen atoms in total. The average Bonchev–Trinajstić information content (AvgIpc) is 2.69. The fourth-order valence-electron chi connectivity index (χ4n) is 2.76. The van der Waals surface area contributed by atoms with Crippen LogP contribution >= 0.6 is 11.6 Å². The number of para-hydroxylation sites is 1. The van der Waals surface area contributed by atoms with E-state index in [4.69, 9.17) is 16.3 Å². The maximum Gasteiger partial charge on any atom is 0.258 e. The van der Waals surface area contributed by atoms with Gasteiger partial charge in [0.15, 0.2) is 0 Å². The third kappa shape index (κ3) is 4.18. The van der Waals surface area contributed by atoms with Crippen molar-refractivity contribution in [1.82, 2.24) is 4.98 Å². The summed E-state index contributed by atoms with van der Waals surface area (Å²) in [5.41, 5.74) is 3.69. The Hall–Kier alpha value is -2.69. The summed E-state index contributed by atoms with van der Waals surface area (Å²) in [6.07, 6.45) is 1.55. The number of hydrogen-bond donors (Lipinski definition) is 1. The Labute approximate surface area is 164 Å². The summed E-state index contributed by atoms with van der Waals surface area (Å²) in [7, 11) is 1.70. The number of aromatic nitrogens is 1. The number of carbonyl (C=O) groups is 1. The number of nitrogens with one attached hydrogen (secondary N) is 1. The van der Waals surface area contributed by atoms with Crippen molar-refractivity contribution in [2.75, 3.05) is 12.4 Å². The highest BCUT2D eigenvalue weighted by Gasteiger charge is 2.19. The highest BCUT2D eigenvalue weighted by molar-refractivity contribution is 6.33. The lowest BCUT2D eigenvalue weighted by Crippen LogP contribution is -2.19. The van der Waals surface area contributed by atoms with Crippen LogP contribution in [0.15, 0.2) is 66.9 Å². The van der Waals surface area contributed by atoms with Gasteiger partial charge in [0.2, 0.25) is 0 Å². The fourth-order valence-corrected chi connectivity index (χ4v) is 2.96. The van der Waals surface area contributed by atoms with Crippen LogP contribution in [0.1, 0.15) is 29.8 Å². The minimum atomic E-state index is -0.358. The van der Waals surface area contributed by atoms with Gasteiger partial charge in [0.1, 0.15) is 5.15 Å². The zero-order valence-electron chi connectivity index (χ0n) is 15.5. The van der Waals surface area contributed by atoms with Crippen molar-refractivity contribution in [1.29, 1.82) is 0 Å². The molecule has 0 saturated carbocycles. The van der Waals surface area contributed by atoms with Gasteiger partial charge in [0, 0.05) is 24.6 Å². The summed E-state index contributed by atoms with van der Waals surface area (Å²) in [6, 6.07) is 19.1. The zero-order valence-corrected chi connectivity index (χ0v) is 16.2. The van der Waals surface area contributed by atoms with E-state index in [0.717, 1.165) is 16.7 Å². The Morgan fingerprint density at radius 3 is 2.41 bits per heavy atom. The molecule has 3 rings (SSSR count). The predicted molar refractivity (Wildman–Crippen MR) is 109 cm³/mol. The van der Waals surface area contributed by atoms with Crippen LogP contribution in [0.5, 0.6) is 0 Å². The van der Waals surface area contributed by atoms with Gasteiger partial charge in [-0.2, -0.15) is 0 Å².